The van der Waals surface area contributed by atoms with Crippen molar-refractivity contribution in [2.24, 2.45) is 5.73 Å². The minimum absolute atomic E-state index is 0.0668. The number of carbonyl (C=O) groups is 3. The molecule has 4 aromatic rings. The molecule has 7 nitrogen and oxygen atoms in total. The molecule has 0 unspecified atom stereocenters. The molecule has 2 atom stereocenters. The van der Waals surface area contributed by atoms with Crippen LogP contribution in [0.15, 0.2) is 103 Å². The first kappa shape index (κ1) is 25.4. The molecule has 0 bridgehead atoms. The van der Waals surface area contributed by atoms with Gasteiger partial charge >= 0.3 is 6.09 Å². The number of fused-ring (bicyclic) bond motifs is 1. The van der Waals surface area contributed by atoms with Gasteiger partial charge in [-0.15, -0.1) is 0 Å². The van der Waals surface area contributed by atoms with Crippen molar-refractivity contribution < 1.29 is 19.1 Å². The van der Waals surface area contributed by atoms with Crippen LogP contribution in [-0.2, 0) is 33.8 Å². The van der Waals surface area contributed by atoms with Gasteiger partial charge in [0.15, 0.2) is 0 Å². The highest BCUT2D eigenvalue weighted by Gasteiger charge is 2.27. The average molecular weight is 496 g/mol. The smallest absolute Gasteiger partial charge is 0.408 e. The first-order chi connectivity index (χ1) is 18.0. The summed E-state index contributed by atoms with van der Waals surface area (Å²) in [6.45, 7) is 0.0668. The largest absolute Gasteiger partial charge is 0.445 e. The van der Waals surface area contributed by atoms with E-state index in [0.29, 0.717) is 0 Å². The Kier molecular flexibility index (Phi) is 8.49. The van der Waals surface area contributed by atoms with E-state index in [2.05, 4.69) is 10.6 Å². The fourth-order valence-electron chi connectivity index (χ4n) is 4.15. The predicted molar refractivity (Wildman–Crippen MR) is 142 cm³/mol. The lowest BCUT2D eigenvalue weighted by Crippen LogP contribution is -2.54. The van der Waals surface area contributed by atoms with Crippen LogP contribution >= 0.6 is 0 Å². The monoisotopic (exact) mass is 495 g/mol. The van der Waals surface area contributed by atoms with Gasteiger partial charge in [0.25, 0.3) is 0 Å². The fourth-order valence-corrected chi connectivity index (χ4v) is 4.15. The van der Waals surface area contributed by atoms with Crippen LogP contribution < -0.4 is 16.4 Å². The molecule has 0 heterocycles. The summed E-state index contributed by atoms with van der Waals surface area (Å²) in [5.41, 5.74) is 8.23. The molecule has 4 aromatic carbocycles. The summed E-state index contributed by atoms with van der Waals surface area (Å²) in [6, 6.07) is 30.2. The number of alkyl carbamates (subject to hydrolysis) is 1. The van der Waals surface area contributed by atoms with Gasteiger partial charge in [0.1, 0.15) is 18.7 Å². The molecular formula is C30H29N3O4. The van der Waals surface area contributed by atoms with Crippen molar-refractivity contribution in [3.8, 4) is 0 Å². The van der Waals surface area contributed by atoms with Crippen molar-refractivity contribution in [3.63, 3.8) is 0 Å². The van der Waals surface area contributed by atoms with Crippen LogP contribution in [0.3, 0.4) is 0 Å². The maximum absolute atomic E-state index is 13.3. The van der Waals surface area contributed by atoms with Crippen molar-refractivity contribution in [3.05, 3.63) is 120 Å². The summed E-state index contributed by atoms with van der Waals surface area (Å²) in [5.74, 6) is -1.18. The Morgan fingerprint density at radius 3 is 2.00 bits per heavy atom. The SMILES string of the molecule is NC(=O)[C@H](Cc1cccc2ccccc12)NC(=O)[C@H](Cc1ccccc1)NC(=O)OCc1ccccc1. The van der Waals surface area contributed by atoms with Crippen molar-refractivity contribution in [1.29, 1.82) is 0 Å². The second kappa shape index (κ2) is 12.4. The van der Waals surface area contributed by atoms with Crippen molar-refractivity contribution in [1.82, 2.24) is 10.6 Å². The first-order valence-corrected chi connectivity index (χ1v) is 12.1. The number of ether oxygens (including phenoxy) is 1. The molecule has 0 radical (unpaired) electrons. The molecule has 0 aliphatic carbocycles. The van der Waals surface area contributed by atoms with E-state index in [9.17, 15) is 14.4 Å². The third-order valence-corrected chi connectivity index (χ3v) is 6.07. The van der Waals surface area contributed by atoms with Gasteiger partial charge in [0.05, 0.1) is 0 Å². The molecule has 0 saturated carbocycles. The number of hydrogen-bond donors (Lipinski definition) is 3. The number of benzene rings is 4. The molecule has 0 aliphatic heterocycles. The van der Waals surface area contributed by atoms with Gasteiger partial charge < -0.3 is 21.1 Å². The molecule has 4 rings (SSSR count). The lowest BCUT2D eigenvalue weighted by Gasteiger charge is -2.22. The second-order valence-corrected chi connectivity index (χ2v) is 8.75. The molecule has 0 aliphatic rings. The summed E-state index contributed by atoms with van der Waals surface area (Å²) < 4.78 is 5.32. The minimum atomic E-state index is -0.972. The number of amides is 3. The lowest BCUT2D eigenvalue weighted by atomic mass is 9.98. The van der Waals surface area contributed by atoms with Crippen LogP contribution in [-0.4, -0.2) is 30.0 Å². The minimum Gasteiger partial charge on any atom is -0.445 e. The highest BCUT2D eigenvalue weighted by molar-refractivity contribution is 5.92. The van der Waals surface area contributed by atoms with Gasteiger partial charge in [-0.25, -0.2) is 4.79 Å². The Balaban J connectivity index is 1.48. The molecule has 3 amide bonds. The maximum atomic E-state index is 13.3. The summed E-state index contributed by atoms with van der Waals surface area (Å²) >= 11 is 0. The molecule has 0 saturated heterocycles. The summed E-state index contributed by atoms with van der Waals surface area (Å²) in [6.07, 6.45) is -0.296. The molecule has 0 fully saturated rings. The van der Waals surface area contributed by atoms with Gasteiger partial charge in [-0.3, -0.25) is 9.59 Å². The molecular weight excluding hydrogens is 466 g/mol. The van der Waals surface area contributed by atoms with Crippen LogP contribution in [0.2, 0.25) is 0 Å². The van der Waals surface area contributed by atoms with Crippen molar-refractivity contribution >= 4 is 28.7 Å². The predicted octanol–water partition coefficient (Wildman–Crippen LogP) is 3.89. The van der Waals surface area contributed by atoms with Crippen LogP contribution in [0.25, 0.3) is 10.8 Å². The second-order valence-electron chi connectivity index (χ2n) is 8.75. The standard InChI is InChI=1S/C30H29N3O4/c31-28(34)26(19-24-16-9-15-23-14-7-8-17-25(23)24)32-29(35)27(18-21-10-3-1-4-11-21)33-30(36)37-20-22-12-5-2-6-13-22/h1-17,26-27H,18-20H2,(H2,31,34)(H,32,35)(H,33,36)/t26-,27-/m0/s1. The number of nitrogens with two attached hydrogens (primary N) is 1. The Morgan fingerprint density at radius 2 is 1.30 bits per heavy atom. The lowest BCUT2D eigenvalue weighted by molar-refractivity contribution is -0.128. The normalized spacial score (nSPS) is 12.3. The molecule has 7 heteroatoms. The highest BCUT2D eigenvalue weighted by atomic mass is 16.5. The molecule has 0 spiro atoms. The zero-order valence-corrected chi connectivity index (χ0v) is 20.3. The number of carbonyl (C=O) groups excluding carboxylic acids is 3. The molecule has 188 valence electrons. The topological polar surface area (TPSA) is 111 Å². The zero-order valence-electron chi connectivity index (χ0n) is 20.3. The van der Waals surface area contributed by atoms with Gasteiger partial charge in [-0.2, -0.15) is 0 Å². The summed E-state index contributed by atoms with van der Waals surface area (Å²) in [7, 11) is 0. The van der Waals surface area contributed by atoms with E-state index in [-0.39, 0.29) is 19.4 Å². The molecule has 37 heavy (non-hydrogen) atoms. The van der Waals surface area contributed by atoms with Crippen molar-refractivity contribution in [2.45, 2.75) is 31.5 Å². The van der Waals surface area contributed by atoms with Gasteiger partial charge in [0, 0.05) is 12.8 Å². The highest BCUT2D eigenvalue weighted by Crippen LogP contribution is 2.20. The Labute approximate surface area is 215 Å². The third kappa shape index (κ3) is 7.18. The zero-order chi connectivity index (χ0) is 26.0. The van der Waals surface area contributed by atoms with E-state index < -0.39 is 30.0 Å². The van der Waals surface area contributed by atoms with E-state index in [0.717, 1.165) is 27.5 Å². The molecule has 0 aromatic heterocycles. The summed E-state index contributed by atoms with van der Waals surface area (Å²) in [5, 5.41) is 7.40. The van der Waals surface area contributed by atoms with E-state index in [4.69, 9.17) is 10.5 Å². The quantitative estimate of drug-likeness (QED) is 0.310. The summed E-state index contributed by atoms with van der Waals surface area (Å²) in [4.78, 5) is 38.2. The first-order valence-electron chi connectivity index (χ1n) is 12.1. The third-order valence-electron chi connectivity index (χ3n) is 6.07. The van der Waals surface area contributed by atoms with Gasteiger partial charge in [-0.05, 0) is 27.5 Å². The van der Waals surface area contributed by atoms with Crippen molar-refractivity contribution in [2.75, 3.05) is 0 Å². The van der Waals surface area contributed by atoms with E-state index in [1.165, 1.54) is 0 Å². The average Bonchev–Trinajstić information content (AvgIpc) is 2.92. The fraction of sp³-hybridized carbons (Fsp3) is 0.167. The van der Waals surface area contributed by atoms with E-state index in [1.54, 1.807) is 0 Å². The number of nitrogens with one attached hydrogen (secondary N) is 2. The number of primary amides is 1. The Morgan fingerprint density at radius 1 is 0.676 bits per heavy atom. The number of rotatable bonds is 10. The van der Waals surface area contributed by atoms with Gasteiger partial charge in [-0.1, -0.05) is 103 Å². The molecule has 4 N–H and O–H groups in total. The van der Waals surface area contributed by atoms with Crippen LogP contribution in [0.1, 0.15) is 16.7 Å². The van der Waals surface area contributed by atoms with Crippen LogP contribution in [0.4, 0.5) is 4.79 Å². The Bertz CT molecular complexity index is 1350. The van der Waals surface area contributed by atoms with Gasteiger partial charge in [0.2, 0.25) is 11.8 Å². The van der Waals surface area contributed by atoms with E-state index in [1.807, 2.05) is 103 Å². The van der Waals surface area contributed by atoms with Crippen LogP contribution in [0.5, 0.6) is 0 Å². The van der Waals surface area contributed by atoms with E-state index >= 15 is 0 Å². The number of hydrogen-bond acceptors (Lipinski definition) is 4. The maximum Gasteiger partial charge on any atom is 0.408 e. The Hall–Kier alpha value is -4.65. The van der Waals surface area contributed by atoms with Crippen LogP contribution in [0, 0.1) is 0 Å².